The molecule has 8 heteroatoms. The largest absolute Gasteiger partial charge is 0.383 e. The van der Waals surface area contributed by atoms with Crippen LogP contribution in [-0.4, -0.2) is 15.8 Å². The van der Waals surface area contributed by atoms with Gasteiger partial charge in [0.05, 0.1) is 16.2 Å². The number of benzene rings is 1. The van der Waals surface area contributed by atoms with Crippen LogP contribution < -0.4 is 11.1 Å². The maximum atomic E-state index is 13.5. The Hall–Kier alpha value is -3.03. The lowest BCUT2D eigenvalue weighted by Gasteiger charge is -2.07. The van der Waals surface area contributed by atoms with Crippen LogP contribution in [0.5, 0.6) is 0 Å². The van der Waals surface area contributed by atoms with Crippen LogP contribution in [0.4, 0.5) is 21.6 Å². The molecule has 3 N–H and O–H groups in total. The summed E-state index contributed by atoms with van der Waals surface area (Å²) in [6.45, 7) is 0. The van der Waals surface area contributed by atoms with Crippen LogP contribution in [0.2, 0.25) is 0 Å². The Bertz CT molecular complexity index is 690. The van der Waals surface area contributed by atoms with Crippen molar-refractivity contribution in [1.82, 2.24) is 4.98 Å². The summed E-state index contributed by atoms with van der Waals surface area (Å²) < 4.78 is 13.5. The maximum Gasteiger partial charge on any atom is 0.271 e. The Morgan fingerprint density at radius 3 is 2.80 bits per heavy atom. The van der Waals surface area contributed by atoms with E-state index in [1.807, 2.05) is 0 Å². The predicted molar refractivity (Wildman–Crippen MR) is 69.7 cm³/mol. The Morgan fingerprint density at radius 2 is 2.15 bits per heavy atom. The van der Waals surface area contributed by atoms with Crippen LogP contribution in [0.25, 0.3) is 0 Å². The van der Waals surface area contributed by atoms with Gasteiger partial charge in [-0.15, -0.1) is 0 Å². The number of hydrogen-bond acceptors (Lipinski definition) is 5. The summed E-state index contributed by atoms with van der Waals surface area (Å²) in [5.74, 6) is -1.50. The van der Waals surface area contributed by atoms with Crippen LogP contribution in [0, 0.1) is 15.9 Å². The summed E-state index contributed by atoms with van der Waals surface area (Å²) in [5.41, 5.74) is 4.94. The fourth-order valence-corrected chi connectivity index (χ4v) is 1.52. The van der Waals surface area contributed by atoms with E-state index in [-0.39, 0.29) is 22.8 Å². The Balaban J connectivity index is 2.30. The molecule has 0 saturated heterocycles. The molecule has 0 bridgehead atoms. The van der Waals surface area contributed by atoms with Crippen molar-refractivity contribution in [2.45, 2.75) is 0 Å². The highest BCUT2D eigenvalue weighted by Crippen LogP contribution is 2.22. The van der Waals surface area contributed by atoms with Crippen molar-refractivity contribution in [2.24, 2.45) is 0 Å². The number of hydrogen-bond donors (Lipinski definition) is 2. The summed E-state index contributed by atoms with van der Waals surface area (Å²) in [6.07, 6.45) is 1.40. The van der Waals surface area contributed by atoms with E-state index in [1.54, 1.807) is 0 Å². The molecule has 2 rings (SSSR count). The van der Waals surface area contributed by atoms with Crippen LogP contribution in [0.1, 0.15) is 10.4 Å². The van der Waals surface area contributed by atoms with E-state index in [2.05, 4.69) is 10.3 Å². The van der Waals surface area contributed by atoms with Gasteiger partial charge in [0.1, 0.15) is 11.6 Å². The molecule has 0 aliphatic carbocycles. The fourth-order valence-electron chi connectivity index (χ4n) is 1.52. The highest BCUT2D eigenvalue weighted by Gasteiger charge is 2.15. The van der Waals surface area contributed by atoms with Gasteiger partial charge in [-0.05, 0) is 18.2 Å². The van der Waals surface area contributed by atoms with Gasteiger partial charge in [-0.25, -0.2) is 9.37 Å². The fraction of sp³-hybridized carbons (Fsp3) is 0. The molecule has 2 aromatic rings. The number of nitrogens with zero attached hydrogens (tertiary/aromatic N) is 2. The lowest BCUT2D eigenvalue weighted by atomic mass is 10.2. The van der Waals surface area contributed by atoms with E-state index >= 15 is 0 Å². The molecule has 1 amide bonds. The molecule has 0 saturated carbocycles. The molecule has 102 valence electrons. The molecular formula is C12H9FN4O3. The zero-order chi connectivity index (χ0) is 14.7. The van der Waals surface area contributed by atoms with Crippen molar-refractivity contribution in [1.29, 1.82) is 0 Å². The maximum absolute atomic E-state index is 13.5. The number of non-ortho nitro benzene ring substituents is 1. The molecule has 0 spiro atoms. The molecule has 0 radical (unpaired) electrons. The van der Waals surface area contributed by atoms with Crippen LogP contribution >= 0.6 is 0 Å². The monoisotopic (exact) mass is 276 g/mol. The smallest absolute Gasteiger partial charge is 0.271 e. The highest BCUT2D eigenvalue weighted by molar-refractivity contribution is 6.07. The second-order valence-corrected chi connectivity index (χ2v) is 3.81. The quantitative estimate of drug-likeness (QED) is 0.657. The van der Waals surface area contributed by atoms with Crippen LogP contribution in [0.15, 0.2) is 36.5 Å². The molecule has 1 heterocycles. The number of nitro benzene ring substituents is 1. The minimum absolute atomic E-state index is 0.0177. The first kappa shape index (κ1) is 13.4. The summed E-state index contributed by atoms with van der Waals surface area (Å²) >= 11 is 0. The molecule has 0 aliphatic heterocycles. The number of rotatable bonds is 3. The van der Waals surface area contributed by atoms with Gasteiger partial charge < -0.3 is 11.1 Å². The summed E-state index contributed by atoms with van der Waals surface area (Å²) in [5, 5.41) is 12.8. The molecule has 1 aromatic heterocycles. The van der Waals surface area contributed by atoms with Crippen LogP contribution in [-0.2, 0) is 0 Å². The highest BCUT2D eigenvalue weighted by atomic mass is 19.1. The topological polar surface area (TPSA) is 111 Å². The first-order valence-corrected chi connectivity index (χ1v) is 5.45. The van der Waals surface area contributed by atoms with Crippen molar-refractivity contribution in [3.63, 3.8) is 0 Å². The van der Waals surface area contributed by atoms with Gasteiger partial charge in [0.15, 0.2) is 0 Å². The molecule has 0 atom stereocenters. The van der Waals surface area contributed by atoms with Gasteiger partial charge in [0, 0.05) is 18.3 Å². The number of nitrogens with one attached hydrogen (secondary N) is 1. The van der Waals surface area contributed by atoms with E-state index in [1.165, 1.54) is 18.3 Å². The molecule has 20 heavy (non-hydrogen) atoms. The van der Waals surface area contributed by atoms with E-state index in [0.29, 0.717) is 0 Å². The third-order valence-corrected chi connectivity index (χ3v) is 2.49. The van der Waals surface area contributed by atoms with Crippen molar-refractivity contribution in [3.8, 4) is 0 Å². The van der Waals surface area contributed by atoms with Gasteiger partial charge in [0.25, 0.3) is 11.6 Å². The van der Waals surface area contributed by atoms with E-state index in [0.717, 1.165) is 18.2 Å². The Kier molecular flexibility index (Phi) is 3.56. The number of aromatic nitrogens is 1. The van der Waals surface area contributed by atoms with Crippen molar-refractivity contribution in [3.05, 3.63) is 58.0 Å². The number of halogens is 1. The minimum atomic E-state index is -0.786. The number of nitrogen functional groups attached to an aromatic ring is 1. The first-order valence-electron chi connectivity index (χ1n) is 5.45. The average molecular weight is 276 g/mol. The Labute approximate surface area is 112 Å². The number of amides is 1. The van der Waals surface area contributed by atoms with E-state index in [9.17, 15) is 19.3 Å². The normalized spacial score (nSPS) is 10.1. The van der Waals surface area contributed by atoms with Gasteiger partial charge in [-0.1, -0.05) is 0 Å². The SMILES string of the molecule is Nc1ncccc1C(=O)Nc1cc([N+](=O)[O-])ccc1F. The zero-order valence-electron chi connectivity index (χ0n) is 10.0. The lowest BCUT2D eigenvalue weighted by Crippen LogP contribution is -2.15. The van der Waals surface area contributed by atoms with Crippen LogP contribution in [0.3, 0.4) is 0 Å². The molecular weight excluding hydrogens is 267 g/mol. The van der Waals surface area contributed by atoms with Crippen molar-refractivity contribution >= 4 is 23.1 Å². The number of carbonyl (C=O) groups excluding carboxylic acids is 1. The number of pyridine rings is 1. The predicted octanol–water partition coefficient (Wildman–Crippen LogP) is 1.96. The second-order valence-electron chi connectivity index (χ2n) is 3.81. The lowest BCUT2D eigenvalue weighted by molar-refractivity contribution is -0.384. The van der Waals surface area contributed by atoms with Gasteiger partial charge in [0.2, 0.25) is 0 Å². The second kappa shape index (κ2) is 5.31. The molecule has 0 aliphatic rings. The average Bonchev–Trinajstić information content (AvgIpc) is 2.41. The first-order chi connectivity index (χ1) is 9.49. The zero-order valence-corrected chi connectivity index (χ0v) is 10.0. The molecule has 7 nitrogen and oxygen atoms in total. The third-order valence-electron chi connectivity index (χ3n) is 2.49. The molecule has 1 aromatic carbocycles. The number of anilines is 2. The number of carbonyl (C=O) groups is 1. The van der Waals surface area contributed by atoms with Gasteiger partial charge in [-0.3, -0.25) is 14.9 Å². The molecule has 0 unspecified atom stereocenters. The Morgan fingerprint density at radius 1 is 1.40 bits per heavy atom. The standard InChI is InChI=1S/C12H9FN4O3/c13-9-4-3-7(17(19)20)6-10(9)16-12(18)8-2-1-5-15-11(8)14/h1-6H,(H2,14,15)(H,16,18). The summed E-state index contributed by atoms with van der Waals surface area (Å²) in [6, 6.07) is 5.74. The van der Waals surface area contributed by atoms with E-state index in [4.69, 9.17) is 5.73 Å². The summed E-state index contributed by atoms with van der Waals surface area (Å²) in [7, 11) is 0. The summed E-state index contributed by atoms with van der Waals surface area (Å²) in [4.78, 5) is 25.6. The van der Waals surface area contributed by atoms with Gasteiger partial charge in [-0.2, -0.15) is 0 Å². The third kappa shape index (κ3) is 2.69. The van der Waals surface area contributed by atoms with E-state index < -0.39 is 16.6 Å². The molecule has 0 fully saturated rings. The number of nitro groups is 1. The van der Waals surface area contributed by atoms with Crippen molar-refractivity contribution in [2.75, 3.05) is 11.1 Å². The van der Waals surface area contributed by atoms with Gasteiger partial charge >= 0.3 is 0 Å². The minimum Gasteiger partial charge on any atom is -0.383 e. The van der Waals surface area contributed by atoms with Crippen molar-refractivity contribution < 1.29 is 14.1 Å². The number of nitrogens with two attached hydrogens (primary N) is 1.